The topological polar surface area (TPSA) is 44.5 Å². The second-order valence-corrected chi connectivity index (χ2v) is 7.95. The van der Waals surface area contributed by atoms with E-state index in [0.29, 0.717) is 0 Å². The van der Waals surface area contributed by atoms with Crippen LogP contribution in [0.4, 0.5) is 17.1 Å². The fourth-order valence-corrected chi connectivity index (χ4v) is 5.00. The summed E-state index contributed by atoms with van der Waals surface area (Å²) in [5, 5.41) is 3.42. The van der Waals surface area contributed by atoms with E-state index in [9.17, 15) is 0 Å². The van der Waals surface area contributed by atoms with Gasteiger partial charge in [-0.15, -0.1) is 0 Å². The van der Waals surface area contributed by atoms with E-state index in [2.05, 4.69) is 58.4 Å². The number of nitrogens with one attached hydrogen (secondary N) is 1. The highest BCUT2D eigenvalue weighted by molar-refractivity contribution is 7.99. The van der Waals surface area contributed by atoms with Crippen molar-refractivity contribution in [2.75, 3.05) is 49.9 Å². The van der Waals surface area contributed by atoms with Gasteiger partial charge < -0.3 is 20.9 Å². The highest BCUT2D eigenvalue weighted by atomic mass is 32.2. The summed E-state index contributed by atoms with van der Waals surface area (Å²) in [6, 6.07) is 13.0. The number of nitrogens with two attached hydrogens (primary N) is 1. The standard InChI is InChI=1S/C20H26N4S/c1-15-13-16(21)20-19(14-15)25-18-6-3-2-5-17(18)24(20)10-4-9-23-11-7-22-8-12-23/h2-3,5-6,13-14,22H,4,7-12,21H2,1H3. The van der Waals surface area contributed by atoms with Gasteiger partial charge in [0, 0.05) is 42.5 Å². The number of aryl methyl sites for hydroxylation is 1. The highest BCUT2D eigenvalue weighted by Crippen LogP contribution is 2.50. The summed E-state index contributed by atoms with van der Waals surface area (Å²) >= 11 is 1.84. The minimum Gasteiger partial charge on any atom is -0.397 e. The van der Waals surface area contributed by atoms with Crippen LogP contribution in [0.25, 0.3) is 0 Å². The van der Waals surface area contributed by atoms with Crippen molar-refractivity contribution in [3.8, 4) is 0 Å². The Morgan fingerprint density at radius 2 is 1.88 bits per heavy atom. The quantitative estimate of drug-likeness (QED) is 0.823. The number of fused-ring (bicyclic) bond motifs is 2. The smallest absolute Gasteiger partial charge is 0.0786 e. The van der Waals surface area contributed by atoms with Crippen molar-refractivity contribution in [3.63, 3.8) is 0 Å². The van der Waals surface area contributed by atoms with E-state index >= 15 is 0 Å². The van der Waals surface area contributed by atoms with Crippen molar-refractivity contribution < 1.29 is 0 Å². The lowest BCUT2D eigenvalue weighted by atomic mass is 10.1. The van der Waals surface area contributed by atoms with Gasteiger partial charge in [-0.05, 0) is 49.7 Å². The summed E-state index contributed by atoms with van der Waals surface area (Å²) in [4.78, 5) is 7.58. The minimum atomic E-state index is 0.888. The normalized spacial score (nSPS) is 17.2. The van der Waals surface area contributed by atoms with Crippen LogP contribution in [0.15, 0.2) is 46.2 Å². The Hall–Kier alpha value is -1.69. The monoisotopic (exact) mass is 354 g/mol. The van der Waals surface area contributed by atoms with Gasteiger partial charge >= 0.3 is 0 Å². The van der Waals surface area contributed by atoms with Gasteiger partial charge in [0.1, 0.15) is 0 Å². The van der Waals surface area contributed by atoms with Gasteiger partial charge in [0.15, 0.2) is 0 Å². The first-order valence-electron chi connectivity index (χ1n) is 9.10. The van der Waals surface area contributed by atoms with Crippen LogP contribution in [-0.2, 0) is 0 Å². The molecule has 1 saturated heterocycles. The zero-order valence-corrected chi connectivity index (χ0v) is 15.6. The molecule has 1 fully saturated rings. The average Bonchev–Trinajstić information content (AvgIpc) is 2.61. The van der Waals surface area contributed by atoms with Gasteiger partial charge in [-0.25, -0.2) is 0 Å². The van der Waals surface area contributed by atoms with Crippen LogP contribution in [0.3, 0.4) is 0 Å². The first-order valence-corrected chi connectivity index (χ1v) is 9.91. The number of benzene rings is 2. The molecule has 2 aromatic carbocycles. The van der Waals surface area contributed by atoms with Crippen molar-refractivity contribution in [2.45, 2.75) is 23.1 Å². The second-order valence-electron chi connectivity index (χ2n) is 6.87. The van der Waals surface area contributed by atoms with Crippen molar-refractivity contribution in [2.24, 2.45) is 0 Å². The molecule has 0 bridgehead atoms. The lowest BCUT2D eigenvalue weighted by Gasteiger charge is -2.35. The number of hydrogen-bond acceptors (Lipinski definition) is 5. The van der Waals surface area contributed by atoms with Gasteiger partial charge in [-0.1, -0.05) is 23.9 Å². The lowest BCUT2D eigenvalue weighted by Crippen LogP contribution is -2.44. The Bertz CT molecular complexity index is 755. The van der Waals surface area contributed by atoms with E-state index in [1.165, 1.54) is 26.7 Å². The molecule has 4 rings (SSSR count). The Labute approximate surface area is 154 Å². The molecule has 25 heavy (non-hydrogen) atoms. The Kier molecular flexibility index (Phi) is 4.88. The maximum atomic E-state index is 6.43. The van der Waals surface area contributed by atoms with E-state index in [4.69, 9.17) is 5.73 Å². The molecule has 3 N–H and O–H groups in total. The van der Waals surface area contributed by atoms with Gasteiger partial charge in [-0.3, -0.25) is 0 Å². The lowest BCUT2D eigenvalue weighted by molar-refractivity contribution is 0.239. The van der Waals surface area contributed by atoms with Crippen molar-refractivity contribution in [1.29, 1.82) is 0 Å². The van der Waals surface area contributed by atoms with Crippen LogP contribution in [0.1, 0.15) is 12.0 Å². The first-order chi connectivity index (χ1) is 12.2. The number of nitrogen functional groups attached to an aromatic ring is 1. The zero-order chi connectivity index (χ0) is 17.2. The molecule has 0 unspecified atom stereocenters. The SMILES string of the molecule is Cc1cc(N)c2c(c1)Sc1ccccc1N2CCCN1CCNCC1. The molecule has 2 heterocycles. The molecular formula is C20H26N4S. The third-order valence-electron chi connectivity index (χ3n) is 4.96. The maximum Gasteiger partial charge on any atom is 0.0786 e. The van der Waals surface area contributed by atoms with Crippen LogP contribution in [0, 0.1) is 6.92 Å². The molecule has 0 radical (unpaired) electrons. The number of anilines is 3. The first kappa shape index (κ1) is 16.8. The Balaban J connectivity index is 1.57. The molecule has 0 saturated carbocycles. The molecule has 2 aliphatic rings. The fraction of sp³-hybridized carbons (Fsp3) is 0.400. The second kappa shape index (κ2) is 7.28. The summed E-state index contributed by atoms with van der Waals surface area (Å²) in [7, 11) is 0. The summed E-state index contributed by atoms with van der Waals surface area (Å²) < 4.78 is 0. The van der Waals surface area contributed by atoms with Crippen LogP contribution < -0.4 is 16.0 Å². The van der Waals surface area contributed by atoms with E-state index in [1.807, 2.05) is 11.8 Å². The largest absolute Gasteiger partial charge is 0.397 e. The predicted molar refractivity (Wildman–Crippen MR) is 107 cm³/mol. The van der Waals surface area contributed by atoms with Crippen LogP contribution >= 0.6 is 11.8 Å². The molecule has 0 atom stereocenters. The molecule has 0 amide bonds. The van der Waals surface area contributed by atoms with Crippen molar-refractivity contribution in [3.05, 3.63) is 42.0 Å². The molecule has 2 aliphatic heterocycles. The van der Waals surface area contributed by atoms with Gasteiger partial charge in [0.05, 0.1) is 17.1 Å². The summed E-state index contributed by atoms with van der Waals surface area (Å²) in [6.45, 7) is 8.80. The fourth-order valence-electron chi connectivity index (χ4n) is 3.76. The molecule has 0 aliphatic carbocycles. The highest BCUT2D eigenvalue weighted by Gasteiger charge is 2.25. The average molecular weight is 355 g/mol. The van der Waals surface area contributed by atoms with Crippen LogP contribution in [0.2, 0.25) is 0 Å². The summed E-state index contributed by atoms with van der Waals surface area (Å²) in [6.07, 6.45) is 1.14. The zero-order valence-electron chi connectivity index (χ0n) is 14.8. The van der Waals surface area contributed by atoms with Gasteiger partial charge in [0.25, 0.3) is 0 Å². The number of para-hydroxylation sites is 1. The molecule has 4 nitrogen and oxygen atoms in total. The van der Waals surface area contributed by atoms with Gasteiger partial charge in [0.2, 0.25) is 0 Å². The Morgan fingerprint density at radius 1 is 1.08 bits per heavy atom. The molecule has 5 heteroatoms. The van der Waals surface area contributed by atoms with E-state index in [0.717, 1.165) is 51.4 Å². The molecule has 0 spiro atoms. The molecule has 2 aromatic rings. The van der Waals surface area contributed by atoms with E-state index in [-0.39, 0.29) is 0 Å². The number of nitrogens with zero attached hydrogens (tertiary/aromatic N) is 2. The number of piperazine rings is 1. The summed E-state index contributed by atoms with van der Waals surface area (Å²) in [5.41, 5.74) is 11.0. The van der Waals surface area contributed by atoms with E-state index < -0.39 is 0 Å². The Morgan fingerprint density at radius 3 is 2.72 bits per heavy atom. The molecule has 132 valence electrons. The third kappa shape index (κ3) is 3.50. The summed E-state index contributed by atoms with van der Waals surface area (Å²) in [5.74, 6) is 0. The van der Waals surface area contributed by atoms with E-state index in [1.54, 1.807) is 0 Å². The third-order valence-corrected chi connectivity index (χ3v) is 6.06. The number of rotatable bonds is 4. The molecular weight excluding hydrogens is 328 g/mol. The minimum absolute atomic E-state index is 0.888. The number of hydrogen-bond donors (Lipinski definition) is 2. The van der Waals surface area contributed by atoms with Gasteiger partial charge in [-0.2, -0.15) is 0 Å². The van der Waals surface area contributed by atoms with Crippen LogP contribution in [0.5, 0.6) is 0 Å². The van der Waals surface area contributed by atoms with Crippen LogP contribution in [-0.4, -0.2) is 44.2 Å². The van der Waals surface area contributed by atoms with Crippen molar-refractivity contribution >= 4 is 28.8 Å². The molecule has 0 aromatic heterocycles. The maximum absolute atomic E-state index is 6.43. The van der Waals surface area contributed by atoms with Crippen molar-refractivity contribution in [1.82, 2.24) is 10.2 Å². The predicted octanol–water partition coefficient (Wildman–Crippen LogP) is 3.48.